The van der Waals surface area contributed by atoms with Gasteiger partial charge in [0, 0.05) is 13.2 Å². The molecule has 1 aromatic heterocycles. The van der Waals surface area contributed by atoms with Crippen LogP contribution in [0.4, 0.5) is 5.82 Å². The molecule has 1 aromatic rings. The number of nitrogens with zero attached hydrogens (tertiary/aromatic N) is 2. The molecule has 11 heavy (non-hydrogen) atoms. The molecule has 0 amide bonds. The summed E-state index contributed by atoms with van der Waals surface area (Å²) in [5.41, 5.74) is 0.706. The molecule has 0 radical (unpaired) electrons. The molecular weight excluding hydrogens is 138 g/mol. The molecule has 0 aliphatic carbocycles. The van der Waals surface area contributed by atoms with Gasteiger partial charge >= 0.3 is 0 Å². The summed E-state index contributed by atoms with van der Waals surface area (Å²) in [7, 11) is 1.70. The molecule has 3 nitrogen and oxygen atoms in total. The summed E-state index contributed by atoms with van der Waals surface area (Å²) in [5.74, 6) is 8.58. The Kier molecular flexibility index (Phi) is 2.09. The second-order valence-corrected chi connectivity index (χ2v) is 2.13. The average Bonchev–Trinajstić information content (AvgIpc) is 2.04. The van der Waals surface area contributed by atoms with E-state index in [2.05, 4.69) is 10.9 Å². The summed E-state index contributed by atoms with van der Waals surface area (Å²) in [6, 6.07) is 3.58. The van der Waals surface area contributed by atoms with Crippen molar-refractivity contribution in [3.05, 3.63) is 23.9 Å². The van der Waals surface area contributed by atoms with Crippen LogP contribution in [0.1, 0.15) is 5.56 Å². The van der Waals surface area contributed by atoms with Gasteiger partial charge in [0.2, 0.25) is 0 Å². The molecule has 0 fully saturated rings. The van der Waals surface area contributed by atoms with E-state index < -0.39 is 0 Å². The molecule has 56 valence electrons. The third kappa shape index (κ3) is 1.48. The van der Waals surface area contributed by atoms with Crippen LogP contribution in [-0.4, -0.2) is 12.0 Å². The molecular formula is C8H9N3. The van der Waals surface area contributed by atoms with Crippen molar-refractivity contribution < 1.29 is 0 Å². The fraction of sp³-hybridized carbons (Fsp3) is 0.125. The van der Waals surface area contributed by atoms with E-state index in [0.717, 1.165) is 0 Å². The van der Waals surface area contributed by atoms with Crippen LogP contribution in [0.25, 0.3) is 0 Å². The van der Waals surface area contributed by atoms with Gasteiger partial charge in [-0.05, 0) is 12.1 Å². The standard InChI is InChI=1S/C8H9N3/c1-3-7-5-4-6-10-8(7)11(2)9/h1,4-6H,9H2,2H3. The molecule has 1 rings (SSSR count). The van der Waals surface area contributed by atoms with Gasteiger partial charge in [0.1, 0.15) is 0 Å². The number of nitrogens with two attached hydrogens (primary N) is 1. The van der Waals surface area contributed by atoms with Crippen molar-refractivity contribution in [2.24, 2.45) is 5.84 Å². The van der Waals surface area contributed by atoms with Gasteiger partial charge in [-0.15, -0.1) is 6.42 Å². The van der Waals surface area contributed by atoms with Gasteiger partial charge in [-0.2, -0.15) is 0 Å². The van der Waals surface area contributed by atoms with E-state index in [0.29, 0.717) is 11.4 Å². The Balaban J connectivity index is 3.15. The van der Waals surface area contributed by atoms with Crippen molar-refractivity contribution in [2.75, 3.05) is 12.1 Å². The number of hydrogen-bond acceptors (Lipinski definition) is 3. The zero-order valence-corrected chi connectivity index (χ0v) is 6.28. The summed E-state index contributed by atoms with van der Waals surface area (Å²) in [6.45, 7) is 0. The first-order chi connectivity index (χ1) is 5.25. The molecule has 0 spiro atoms. The van der Waals surface area contributed by atoms with Crippen LogP contribution >= 0.6 is 0 Å². The molecule has 0 aliphatic rings. The number of hydrazine groups is 1. The molecule has 3 heteroatoms. The third-order valence-corrected chi connectivity index (χ3v) is 1.28. The minimum absolute atomic E-state index is 0.620. The molecule has 2 N–H and O–H groups in total. The van der Waals surface area contributed by atoms with Crippen LogP contribution in [0.5, 0.6) is 0 Å². The molecule has 0 saturated heterocycles. The lowest BCUT2D eigenvalue weighted by Gasteiger charge is -2.11. The molecule has 0 saturated carbocycles. The first-order valence-electron chi connectivity index (χ1n) is 3.15. The van der Waals surface area contributed by atoms with E-state index in [-0.39, 0.29) is 0 Å². The van der Waals surface area contributed by atoms with E-state index in [1.807, 2.05) is 0 Å². The Labute approximate surface area is 65.8 Å². The number of hydrogen-bond donors (Lipinski definition) is 1. The Morgan fingerprint density at radius 3 is 2.91 bits per heavy atom. The highest BCUT2D eigenvalue weighted by Gasteiger charge is 2.00. The van der Waals surface area contributed by atoms with Crippen LogP contribution in [0.15, 0.2) is 18.3 Å². The van der Waals surface area contributed by atoms with E-state index in [1.165, 1.54) is 5.01 Å². The maximum atomic E-state index is 5.47. The highest BCUT2D eigenvalue weighted by atomic mass is 15.4. The predicted molar refractivity (Wildman–Crippen MR) is 44.8 cm³/mol. The van der Waals surface area contributed by atoms with Crippen molar-refractivity contribution in [3.8, 4) is 12.3 Å². The number of pyridine rings is 1. The average molecular weight is 147 g/mol. The van der Waals surface area contributed by atoms with Crippen molar-refractivity contribution in [1.82, 2.24) is 4.98 Å². The SMILES string of the molecule is C#Cc1cccnc1N(C)N. The Bertz CT molecular complexity index is 286. The molecule has 0 aliphatic heterocycles. The topological polar surface area (TPSA) is 42.2 Å². The molecule has 0 aromatic carbocycles. The van der Waals surface area contributed by atoms with Crippen molar-refractivity contribution in [1.29, 1.82) is 0 Å². The van der Waals surface area contributed by atoms with Gasteiger partial charge in [-0.25, -0.2) is 10.8 Å². The van der Waals surface area contributed by atoms with Gasteiger partial charge in [-0.1, -0.05) is 5.92 Å². The molecule has 0 atom stereocenters. The van der Waals surface area contributed by atoms with Crippen molar-refractivity contribution in [3.63, 3.8) is 0 Å². The van der Waals surface area contributed by atoms with Crippen LogP contribution in [0.3, 0.4) is 0 Å². The van der Waals surface area contributed by atoms with E-state index in [1.54, 1.807) is 25.4 Å². The van der Waals surface area contributed by atoms with Crippen LogP contribution in [0.2, 0.25) is 0 Å². The van der Waals surface area contributed by atoms with Crippen LogP contribution < -0.4 is 10.9 Å². The maximum Gasteiger partial charge on any atom is 0.158 e. The minimum Gasteiger partial charge on any atom is -0.297 e. The van der Waals surface area contributed by atoms with Gasteiger partial charge in [0.05, 0.1) is 5.56 Å². The number of aromatic nitrogens is 1. The lowest BCUT2D eigenvalue weighted by molar-refractivity contribution is 0.974. The summed E-state index contributed by atoms with van der Waals surface area (Å²) in [5, 5.41) is 1.40. The largest absolute Gasteiger partial charge is 0.297 e. The zero-order chi connectivity index (χ0) is 8.27. The van der Waals surface area contributed by atoms with E-state index in [9.17, 15) is 0 Å². The monoisotopic (exact) mass is 147 g/mol. The molecule has 0 unspecified atom stereocenters. The van der Waals surface area contributed by atoms with Gasteiger partial charge in [-0.3, -0.25) is 5.01 Å². The second kappa shape index (κ2) is 3.04. The first kappa shape index (κ1) is 7.58. The van der Waals surface area contributed by atoms with Crippen LogP contribution in [-0.2, 0) is 0 Å². The quantitative estimate of drug-likeness (QED) is 0.354. The number of terminal acetylenes is 1. The Hall–Kier alpha value is -1.53. The summed E-state index contributed by atoms with van der Waals surface area (Å²) < 4.78 is 0. The molecule has 1 heterocycles. The zero-order valence-electron chi connectivity index (χ0n) is 6.28. The van der Waals surface area contributed by atoms with Gasteiger partial charge in [0.25, 0.3) is 0 Å². The van der Waals surface area contributed by atoms with Gasteiger partial charge in [0.15, 0.2) is 5.82 Å². The second-order valence-electron chi connectivity index (χ2n) is 2.13. The number of rotatable bonds is 1. The number of anilines is 1. The lowest BCUT2D eigenvalue weighted by atomic mass is 10.3. The summed E-state index contributed by atoms with van der Waals surface area (Å²) in [4.78, 5) is 4.01. The highest BCUT2D eigenvalue weighted by molar-refractivity contribution is 5.53. The fourth-order valence-corrected chi connectivity index (χ4v) is 0.791. The smallest absolute Gasteiger partial charge is 0.158 e. The van der Waals surface area contributed by atoms with E-state index in [4.69, 9.17) is 12.3 Å². The predicted octanol–water partition coefficient (Wildman–Crippen LogP) is 0.373. The normalized spacial score (nSPS) is 8.82. The van der Waals surface area contributed by atoms with Gasteiger partial charge < -0.3 is 0 Å². The van der Waals surface area contributed by atoms with Crippen molar-refractivity contribution >= 4 is 5.82 Å². The molecule has 0 bridgehead atoms. The summed E-state index contributed by atoms with van der Waals surface area (Å²) >= 11 is 0. The minimum atomic E-state index is 0.620. The maximum absolute atomic E-state index is 5.47. The lowest BCUT2D eigenvalue weighted by Crippen LogP contribution is -2.26. The Morgan fingerprint density at radius 1 is 1.73 bits per heavy atom. The summed E-state index contributed by atoms with van der Waals surface area (Å²) in [6.07, 6.45) is 6.87. The third-order valence-electron chi connectivity index (χ3n) is 1.28. The van der Waals surface area contributed by atoms with E-state index >= 15 is 0 Å². The fourth-order valence-electron chi connectivity index (χ4n) is 0.791. The highest BCUT2D eigenvalue weighted by Crippen LogP contribution is 2.10. The Morgan fingerprint density at radius 2 is 2.45 bits per heavy atom. The van der Waals surface area contributed by atoms with Crippen LogP contribution in [0, 0.1) is 12.3 Å². The first-order valence-corrected chi connectivity index (χ1v) is 3.15. The van der Waals surface area contributed by atoms with Crippen molar-refractivity contribution in [2.45, 2.75) is 0 Å².